The quantitative estimate of drug-likeness (QED) is 0.347. The summed E-state index contributed by atoms with van der Waals surface area (Å²) >= 11 is 6.19. The van der Waals surface area contributed by atoms with E-state index >= 15 is 0 Å². The minimum absolute atomic E-state index is 0.152. The molecule has 10 nitrogen and oxygen atoms in total. The smallest absolute Gasteiger partial charge is 0.269 e. The van der Waals surface area contributed by atoms with Crippen molar-refractivity contribution in [2.75, 3.05) is 12.4 Å². The van der Waals surface area contributed by atoms with Crippen LogP contribution in [0.1, 0.15) is 68.7 Å². The standard InChI is InChI=1S/C31H34ClN7O3/c1-17-7-9-21(10-8-17)20(4)34-31-35-25-16-38(29(41)22-11-12-24(32)18(2)13-22)19(3)14-23(25)30(42)39(31)27-15-26(28(40)33-5)37(6)36-27/h7-13,15,19-20H,14,16H2,1-6H3,(H,33,40)(H,34,35)/t19-,20+/m1/s1. The van der Waals surface area contributed by atoms with Gasteiger partial charge in [0.15, 0.2) is 5.82 Å². The second-order valence-electron chi connectivity index (χ2n) is 10.8. The van der Waals surface area contributed by atoms with Crippen molar-refractivity contribution in [2.24, 2.45) is 7.05 Å². The normalized spacial score (nSPS) is 15.2. The zero-order valence-corrected chi connectivity index (χ0v) is 25.3. The topological polar surface area (TPSA) is 114 Å². The summed E-state index contributed by atoms with van der Waals surface area (Å²) in [4.78, 5) is 46.8. The first-order chi connectivity index (χ1) is 20.0. The lowest BCUT2D eigenvalue weighted by Gasteiger charge is -2.34. The fraction of sp³-hybridized carbons (Fsp3) is 0.323. The van der Waals surface area contributed by atoms with Gasteiger partial charge < -0.3 is 15.5 Å². The third kappa shape index (κ3) is 5.42. The maximum absolute atomic E-state index is 14.1. The molecule has 0 saturated heterocycles. The van der Waals surface area contributed by atoms with Gasteiger partial charge in [-0.3, -0.25) is 19.1 Å². The van der Waals surface area contributed by atoms with Gasteiger partial charge in [-0.1, -0.05) is 41.4 Å². The zero-order chi connectivity index (χ0) is 30.3. The van der Waals surface area contributed by atoms with E-state index in [1.807, 2.05) is 52.0 Å². The first-order valence-corrected chi connectivity index (χ1v) is 14.2. The molecule has 5 rings (SSSR count). The van der Waals surface area contributed by atoms with Gasteiger partial charge in [0.05, 0.1) is 18.3 Å². The Balaban J connectivity index is 1.60. The van der Waals surface area contributed by atoms with Gasteiger partial charge in [-0.25, -0.2) is 9.55 Å². The maximum Gasteiger partial charge on any atom is 0.269 e. The number of nitrogens with zero attached hydrogens (tertiary/aromatic N) is 5. The molecule has 2 atom stereocenters. The number of carbonyl (C=O) groups excluding carboxylic acids is 2. The Kier molecular flexibility index (Phi) is 7.92. The fourth-order valence-electron chi connectivity index (χ4n) is 5.22. The van der Waals surface area contributed by atoms with Gasteiger partial charge in [-0.2, -0.15) is 5.10 Å². The Morgan fingerprint density at radius 1 is 1.10 bits per heavy atom. The van der Waals surface area contributed by atoms with Crippen LogP contribution in [-0.4, -0.2) is 49.1 Å². The number of fused-ring (bicyclic) bond motifs is 1. The van der Waals surface area contributed by atoms with E-state index in [1.165, 1.54) is 16.3 Å². The van der Waals surface area contributed by atoms with Crippen LogP contribution in [0.2, 0.25) is 5.02 Å². The summed E-state index contributed by atoms with van der Waals surface area (Å²) < 4.78 is 2.85. The summed E-state index contributed by atoms with van der Waals surface area (Å²) in [7, 11) is 3.19. The molecule has 2 amide bonds. The van der Waals surface area contributed by atoms with E-state index in [0.717, 1.165) is 16.7 Å². The highest BCUT2D eigenvalue weighted by Gasteiger charge is 2.33. The second kappa shape index (κ2) is 11.4. The molecule has 0 fully saturated rings. The monoisotopic (exact) mass is 587 g/mol. The van der Waals surface area contributed by atoms with Crippen molar-refractivity contribution in [2.45, 2.75) is 52.7 Å². The third-order valence-corrected chi connectivity index (χ3v) is 8.18. The summed E-state index contributed by atoms with van der Waals surface area (Å²) in [5.41, 5.74) is 4.54. The molecule has 0 bridgehead atoms. The summed E-state index contributed by atoms with van der Waals surface area (Å²) in [6.07, 6.45) is 0.322. The molecule has 3 heterocycles. The van der Waals surface area contributed by atoms with Crippen LogP contribution in [0.25, 0.3) is 5.82 Å². The predicted octanol–water partition coefficient (Wildman–Crippen LogP) is 4.36. The summed E-state index contributed by atoms with van der Waals surface area (Å²) in [6, 6.07) is 14.4. The molecule has 0 aliphatic carbocycles. The van der Waals surface area contributed by atoms with E-state index in [9.17, 15) is 14.4 Å². The Morgan fingerprint density at radius 3 is 2.48 bits per heavy atom. The van der Waals surface area contributed by atoms with Gasteiger partial charge in [0.2, 0.25) is 5.95 Å². The maximum atomic E-state index is 14.1. The lowest BCUT2D eigenvalue weighted by molar-refractivity contribution is 0.0653. The number of nitrogens with one attached hydrogen (secondary N) is 2. The van der Waals surface area contributed by atoms with Gasteiger partial charge in [-0.05, 0) is 63.4 Å². The van der Waals surface area contributed by atoms with Crippen molar-refractivity contribution < 1.29 is 9.59 Å². The van der Waals surface area contributed by atoms with Gasteiger partial charge in [0.1, 0.15) is 5.69 Å². The van der Waals surface area contributed by atoms with Crippen LogP contribution in [0.15, 0.2) is 53.3 Å². The van der Waals surface area contributed by atoms with Crippen molar-refractivity contribution in [3.8, 4) is 5.82 Å². The predicted molar refractivity (Wildman–Crippen MR) is 162 cm³/mol. The molecule has 0 spiro atoms. The number of amides is 2. The number of hydrogen-bond acceptors (Lipinski definition) is 6. The molecule has 2 aromatic heterocycles. The van der Waals surface area contributed by atoms with Crippen molar-refractivity contribution in [1.29, 1.82) is 0 Å². The van der Waals surface area contributed by atoms with E-state index in [1.54, 1.807) is 36.2 Å². The Morgan fingerprint density at radius 2 is 1.81 bits per heavy atom. The molecule has 0 saturated carbocycles. The highest BCUT2D eigenvalue weighted by Crippen LogP contribution is 2.27. The van der Waals surface area contributed by atoms with Crippen molar-refractivity contribution in [3.05, 3.63) is 103 Å². The van der Waals surface area contributed by atoms with Gasteiger partial charge in [-0.15, -0.1) is 0 Å². The van der Waals surface area contributed by atoms with Crippen LogP contribution in [0, 0.1) is 13.8 Å². The summed E-state index contributed by atoms with van der Waals surface area (Å²) in [6.45, 7) is 7.96. The first kappa shape index (κ1) is 29.1. The molecular weight excluding hydrogens is 554 g/mol. The van der Waals surface area contributed by atoms with Gasteiger partial charge >= 0.3 is 0 Å². The lowest BCUT2D eigenvalue weighted by atomic mass is 9.98. The Bertz CT molecular complexity index is 1740. The zero-order valence-electron chi connectivity index (χ0n) is 24.5. The molecule has 1 aliphatic rings. The largest absolute Gasteiger partial charge is 0.354 e. The molecule has 42 heavy (non-hydrogen) atoms. The van der Waals surface area contributed by atoms with Crippen LogP contribution in [0.3, 0.4) is 0 Å². The number of aromatic nitrogens is 4. The average molecular weight is 588 g/mol. The number of anilines is 1. The highest BCUT2D eigenvalue weighted by molar-refractivity contribution is 6.31. The number of benzene rings is 2. The Hall–Kier alpha value is -4.44. The molecule has 4 aromatic rings. The van der Waals surface area contributed by atoms with Crippen molar-refractivity contribution in [1.82, 2.24) is 29.5 Å². The minimum Gasteiger partial charge on any atom is -0.354 e. The molecule has 0 unspecified atom stereocenters. The highest BCUT2D eigenvalue weighted by atomic mass is 35.5. The fourth-order valence-corrected chi connectivity index (χ4v) is 5.34. The van der Waals surface area contributed by atoms with Crippen LogP contribution in [0.4, 0.5) is 5.95 Å². The Labute approximate surface area is 249 Å². The van der Waals surface area contributed by atoms with E-state index < -0.39 is 0 Å². The van der Waals surface area contributed by atoms with Gasteiger partial charge in [0, 0.05) is 42.4 Å². The SMILES string of the molecule is CNC(=O)c1cc(-n2c(N[C@@H](C)c3ccc(C)cc3)nc3c(c2=O)C[C@@H](C)N(C(=O)c2ccc(Cl)c(C)c2)C3)nn1C. The number of hydrogen-bond donors (Lipinski definition) is 2. The van der Waals surface area contributed by atoms with E-state index in [4.69, 9.17) is 16.6 Å². The number of aryl methyl sites for hydroxylation is 3. The van der Waals surface area contributed by atoms with E-state index in [-0.39, 0.29) is 47.8 Å². The van der Waals surface area contributed by atoms with E-state index in [0.29, 0.717) is 34.0 Å². The molecule has 0 radical (unpaired) electrons. The molecule has 2 N–H and O–H groups in total. The van der Waals surface area contributed by atoms with Crippen LogP contribution >= 0.6 is 11.6 Å². The molecular formula is C31H34ClN7O3. The van der Waals surface area contributed by atoms with Crippen LogP contribution in [0.5, 0.6) is 0 Å². The molecule has 11 heteroatoms. The average Bonchev–Trinajstić information content (AvgIpc) is 3.35. The lowest BCUT2D eigenvalue weighted by Crippen LogP contribution is -2.46. The number of carbonyl (C=O) groups is 2. The van der Waals surface area contributed by atoms with Crippen molar-refractivity contribution in [3.63, 3.8) is 0 Å². The third-order valence-electron chi connectivity index (χ3n) is 7.76. The first-order valence-electron chi connectivity index (χ1n) is 13.8. The minimum atomic E-state index is -0.321. The summed E-state index contributed by atoms with van der Waals surface area (Å²) in [5, 5.41) is 11.1. The molecule has 2 aromatic carbocycles. The van der Waals surface area contributed by atoms with Crippen LogP contribution in [-0.2, 0) is 20.0 Å². The van der Waals surface area contributed by atoms with Crippen molar-refractivity contribution >= 4 is 29.4 Å². The molecule has 1 aliphatic heterocycles. The number of halogens is 1. The van der Waals surface area contributed by atoms with Gasteiger partial charge in [0.25, 0.3) is 17.4 Å². The summed E-state index contributed by atoms with van der Waals surface area (Å²) in [5.74, 6) is 0.0785. The van der Waals surface area contributed by atoms with E-state index in [2.05, 4.69) is 15.7 Å². The second-order valence-corrected chi connectivity index (χ2v) is 11.2. The number of rotatable bonds is 6. The molecule has 218 valence electrons. The van der Waals surface area contributed by atoms with Crippen LogP contribution < -0.4 is 16.2 Å².